The highest BCUT2D eigenvalue weighted by molar-refractivity contribution is 5.80. The van der Waals surface area contributed by atoms with E-state index in [-0.39, 0.29) is 17.9 Å². The predicted molar refractivity (Wildman–Crippen MR) is 88.2 cm³/mol. The lowest BCUT2D eigenvalue weighted by atomic mass is 9.97. The summed E-state index contributed by atoms with van der Waals surface area (Å²) in [6.07, 6.45) is 6.20. The number of carbonyl (C=O) groups excluding carboxylic acids is 2. The molecule has 0 aromatic carbocycles. The standard InChI is InChI=1S/C17H26N4O3/c1-12-9-15(20-24-12)10-18-16(22)13-5-4-8-21(11-13)17(23)19-14-6-2-3-7-14/h9,13-14H,2-8,10-11H2,1H3,(H,18,22)(H,19,23). The quantitative estimate of drug-likeness (QED) is 0.881. The van der Waals surface area contributed by atoms with Crippen LogP contribution in [0.3, 0.4) is 0 Å². The zero-order chi connectivity index (χ0) is 16.9. The van der Waals surface area contributed by atoms with Crippen LogP contribution in [0.4, 0.5) is 4.79 Å². The van der Waals surface area contributed by atoms with Crippen LogP contribution in [-0.4, -0.2) is 41.1 Å². The molecule has 1 aliphatic carbocycles. The molecule has 24 heavy (non-hydrogen) atoms. The summed E-state index contributed by atoms with van der Waals surface area (Å²) in [5, 5.41) is 9.87. The molecule has 0 spiro atoms. The summed E-state index contributed by atoms with van der Waals surface area (Å²) in [4.78, 5) is 26.5. The van der Waals surface area contributed by atoms with Crippen LogP contribution in [0.5, 0.6) is 0 Å². The molecule has 2 fully saturated rings. The number of aromatic nitrogens is 1. The number of aryl methyl sites for hydroxylation is 1. The van der Waals surface area contributed by atoms with Crippen molar-refractivity contribution in [3.8, 4) is 0 Å². The van der Waals surface area contributed by atoms with Crippen molar-refractivity contribution in [2.45, 2.75) is 58.0 Å². The minimum absolute atomic E-state index is 0.0194. The molecule has 2 heterocycles. The molecule has 7 heteroatoms. The monoisotopic (exact) mass is 334 g/mol. The molecule has 1 aromatic rings. The van der Waals surface area contributed by atoms with E-state index in [4.69, 9.17) is 4.52 Å². The second-order valence-corrected chi connectivity index (χ2v) is 6.86. The normalized spacial score (nSPS) is 21.7. The smallest absolute Gasteiger partial charge is 0.317 e. The first kappa shape index (κ1) is 16.8. The maximum absolute atomic E-state index is 12.4. The number of nitrogens with one attached hydrogen (secondary N) is 2. The van der Waals surface area contributed by atoms with Crippen LogP contribution in [0, 0.1) is 12.8 Å². The first-order valence-corrected chi connectivity index (χ1v) is 8.87. The van der Waals surface area contributed by atoms with Gasteiger partial charge in [0.15, 0.2) is 0 Å². The molecule has 132 valence electrons. The van der Waals surface area contributed by atoms with Gasteiger partial charge in [-0.15, -0.1) is 0 Å². The molecular formula is C17H26N4O3. The summed E-state index contributed by atoms with van der Waals surface area (Å²) in [7, 11) is 0. The lowest BCUT2D eigenvalue weighted by Crippen LogP contribution is -2.50. The third-order valence-corrected chi connectivity index (χ3v) is 4.88. The second-order valence-electron chi connectivity index (χ2n) is 6.86. The van der Waals surface area contributed by atoms with Crippen LogP contribution in [0.15, 0.2) is 10.6 Å². The Morgan fingerprint density at radius 3 is 2.79 bits per heavy atom. The van der Waals surface area contributed by atoms with Gasteiger partial charge in [-0.1, -0.05) is 18.0 Å². The summed E-state index contributed by atoms with van der Waals surface area (Å²) < 4.78 is 4.99. The largest absolute Gasteiger partial charge is 0.361 e. The molecule has 1 aromatic heterocycles. The van der Waals surface area contributed by atoms with Gasteiger partial charge in [-0.3, -0.25) is 4.79 Å². The summed E-state index contributed by atoms with van der Waals surface area (Å²) in [5.74, 6) is 0.557. The summed E-state index contributed by atoms with van der Waals surface area (Å²) in [5.41, 5.74) is 0.715. The fourth-order valence-corrected chi connectivity index (χ4v) is 3.53. The minimum Gasteiger partial charge on any atom is -0.361 e. The maximum Gasteiger partial charge on any atom is 0.317 e. The van der Waals surface area contributed by atoms with Gasteiger partial charge in [0.2, 0.25) is 5.91 Å². The first-order chi connectivity index (χ1) is 11.6. The van der Waals surface area contributed by atoms with Crippen molar-refractivity contribution >= 4 is 11.9 Å². The Morgan fingerprint density at radius 1 is 1.29 bits per heavy atom. The van der Waals surface area contributed by atoms with Crippen LogP contribution < -0.4 is 10.6 Å². The highest BCUT2D eigenvalue weighted by Gasteiger charge is 2.29. The van der Waals surface area contributed by atoms with E-state index in [2.05, 4.69) is 15.8 Å². The molecule has 1 atom stereocenters. The number of rotatable bonds is 4. The van der Waals surface area contributed by atoms with E-state index in [1.807, 2.05) is 13.0 Å². The molecule has 1 unspecified atom stereocenters. The number of hydrogen-bond donors (Lipinski definition) is 2. The summed E-state index contributed by atoms with van der Waals surface area (Å²) in [6, 6.07) is 2.09. The van der Waals surface area contributed by atoms with Crippen LogP contribution >= 0.6 is 0 Å². The second kappa shape index (κ2) is 7.68. The van der Waals surface area contributed by atoms with E-state index in [1.54, 1.807) is 4.90 Å². The average Bonchev–Trinajstić information content (AvgIpc) is 3.24. The molecule has 2 N–H and O–H groups in total. The van der Waals surface area contributed by atoms with Gasteiger partial charge >= 0.3 is 6.03 Å². The van der Waals surface area contributed by atoms with E-state index < -0.39 is 0 Å². The van der Waals surface area contributed by atoms with Crippen LogP contribution in [0.1, 0.15) is 50.0 Å². The van der Waals surface area contributed by atoms with Gasteiger partial charge in [0, 0.05) is 25.2 Å². The van der Waals surface area contributed by atoms with Gasteiger partial charge in [0.25, 0.3) is 0 Å². The van der Waals surface area contributed by atoms with Gasteiger partial charge in [0.05, 0.1) is 12.5 Å². The highest BCUT2D eigenvalue weighted by Crippen LogP contribution is 2.20. The Morgan fingerprint density at radius 2 is 2.08 bits per heavy atom. The number of carbonyl (C=O) groups is 2. The van der Waals surface area contributed by atoms with Crippen molar-refractivity contribution in [3.63, 3.8) is 0 Å². The van der Waals surface area contributed by atoms with Gasteiger partial charge in [-0.2, -0.15) is 0 Å². The Kier molecular flexibility index (Phi) is 5.37. The van der Waals surface area contributed by atoms with Gasteiger partial charge in [-0.25, -0.2) is 4.79 Å². The SMILES string of the molecule is Cc1cc(CNC(=O)C2CCCN(C(=O)NC3CCCC3)C2)no1. The number of amides is 3. The van der Waals surface area contributed by atoms with E-state index in [1.165, 1.54) is 12.8 Å². The first-order valence-electron chi connectivity index (χ1n) is 8.87. The van der Waals surface area contributed by atoms with Gasteiger partial charge in [0.1, 0.15) is 11.5 Å². The van der Waals surface area contributed by atoms with Crippen molar-refractivity contribution in [1.82, 2.24) is 20.7 Å². The highest BCUT2D eigenvalue weighted by atomic mass is 16.5. The van der Waals surface area contributed by atoms with E-state index in [0.29, 0.717) is 24.8 Å². The fourth-order valence-electron chi connectivity index (χ4n) is 3.53. The molecule has 0 bridgehead atoms. The zero-order valence-electron chi connectivity index (χ0n) is 14.2. The van der Waals surface area contributed by atoms with Crippen molar-refractivity contribution in [3.05, 3.63) is 17.5 Å². The Balaban J connectivity index is 1.46. The van der Waals surface area contributed by atoms with Crippen molar-refractivity contribution in [2.75, 3.05) is 13.1 Å². The van der Waals surface area contributed by atoms with Crippen LogP contribution in [-0.2, 0) is 11.3 Å². The number of nitrogens with zero attached hydrogens (tertiary/aromatic N) is 2. The van der Waals surface area contributed by atoms with Crippen LogP contribution in [0.2, 0.25) is 0 Å². The lowest BCUT2D eigenvalue weighted by molar-refractivity contribution is -0.126. The molecule has 3 rings (SSSR count). The molecular weight excluding hydrogens is 308 g/mol. The Hall–Kier alpha value is -2.05. The number of urea groups is 1. The van der Waals surface area contributed by atoms with Crippen molar-refractivity contribution in [2.24, 2.45) is 5.92 Å². The Labute approximate surface area is 142 Å². The molecule has 1 aliphatic heterocycles. The van der Waals surface area contributed by atoms with Crippen LogP contribution in [0.25, 0.3) is 0 Å². The summed E-state index contributed by atoms with van der Waals surface area (Å²) >= 11 is 0. The molecule has 1 saturated carbocycles. The molecule has 0 radical (unpaired) electrons. The lowest BCUT2D eigenvalue weighted by Gasteiger charge is -2.32. The molecule has 7 nitrogen and oxygen atoms in total. The number of hydrogen-bond acceptors (Lipinski definition) is 4. The molecule has 2 aliphatic rings. The topological polar surface area (TPSA) is 87.5 Å². The molecule has 3 amide bonds. The summed E-state index contributed by atoms with van der Waals surface area (Å²) in [6.45, 7) is 3.40. The van der Waals surface area contributed by atoms with E-state index >= 15 is 0 Å². The van der Waals surface area contributed by atoms with E-state index in [0.717, 1.165) is 38.0 Å². The third kappa shape index (κ3) is 4.27. The zero-order valence-corrected chi connectivity index (χ0v) is 14.2. The number of piperidine rings is 1. The average molecular weight is 334 g/mol. The number of likely N-dealkylation sites (tertiary alicyclic amines) is 1. The molecule has 1 saturated heterocycles. The maximum atomic E-state index is 12.4. The minimum atomic E-state index is -0.152. The van der Waals surface area contributed by atoms with Crippen molar-refractivity contribution in [1.29, 1.82) is 0 Å². The van der Waals surface area contributed by atoms with Gasteiger partial charge in [-0.05, 0) is 32.6 Å². The fraction of sp³-hybridized carbons (Fsp3) is 0.706. The third-order valence-electron chi connectivity index (χ3n) is 4.88. The van der Waals surface area contributed by atoms with Gasteiger partial charge < -0.3 is 20.1 Å². The predicted octanol–water partition coefficient (Wildman–Crippen LogP) is 1.96. The Bertz CT molecular complexity index is 580. The van der Waals surface area contributed by atoms with Crippen molar-refractivity contribution < 1.29 is 14.1 Å². The van der Waals surface area contributed by atoms with E-state index in [9.17, 15) is 9.59 Å².